The third kappa shape index (κ3) is 4.62. The van der Waals surface area contributed by atoms with E-state index in [2.05, 4.69) is 40.0 Å². The Bertz CT molecular complexity index is 770. The van der Waals surface area contributed by atoms with Gasteiger partial charge in [-0.1, -0.05) is 25.4 Å². The molecule has 1 N–H and O–H groups in total. The molecule has 0 amide bonds. The third-order valence-electron chi connectivity index (χ3n) is 4.36. The molecule has 0 saturated carbocycles. The van der Waals surface area contributed by atoms with Gasteiger partial charge in [-0.05, 0) is 43.4 Å². The average molecular weight is 390 g/mol. The van der Waals surface area contributed by atoms with Gasteiger partial charge in [-0.3, -0.25) is 0 Å². The Kier molecular flexibility index (Phi) is 5.94. The van der Waals surface area contributed by atoms with Gasteiger partial charge in [0.05, 0.1) is 0 Å². The lowest BCUT2D eigenvalue weighted by Gasteiger charge is -2.37. The van der Waals surface area contributed by atoms with Gasteiger partial charge in [0.15, 0.2) is 5.11 Å². The molecule has 0 aliphatic carbocycles. The Morgan fingerprint density at radius 3 is 2.38 bits per heavy atom. The van der Waals surface area contributed by atoms with Crippen LogP contribution in [0.5, 0.6) is 0 Å². The van der Waals surface area contributed by atoms with Crippen LogP contribution in [0.1, 0.15) is 31.3 Å². The zero-order valence-electron chi connectivity index (χ0n) is 15.4. The van der Waals surface area contributed by atoms with E-state index in [9.17, 15) is 0 Å². The highest BCUT2D eigenvalue weighted by Gasteiger charge is 2.21. The summed E-state index contributed by atoms with van der Waals surface area (Å²) in [5.74, 6) is 2.24. The smallest absolute Gasteiger partial charge is 0.173 e. The molecular formula is C19H24ClN5S. The van der Waals surface area contributed by atoms with Crippen molar-refractivity contribution < 1.29 is 0 Å². The summed E-state index contributed by atoms with van der Waals surface area (Å²) in [7, 11) is 0. The summed E-state index contributed by atoms with van der Waals surface area (Å²) in [5, 5.41) is 4.74. The van der Waals surface area contributed by atoms with E-state index in [1.165, 1.54) is 0 Å². The first-order valence-electron chi connectivity index (χ1n) is 8.84. The molecule has 7 heteroatoms. The van der Waals surface area contributed by atoms with Gasteiger partial charge >= 0.3 is 0 Å². The summed E-state index contributed by atoms with van der Waals surface area (Å²) in [6, 6.07) is 9.64. The molecule has 1 aromatic heterocycles. The molecule has 0 atom stereocenters. The number of piperazine rings is 1. The lowest BCUT2D eigenvalue weighted by Crippen LogP contribution is -2.50. The number of rotatable bonds is 3. The SMILES string of the molecule is Cc1cc(N2CCN(C(=S)Nc3ccc(Cl)cc3)CC2)nc(C(C)C)n1. The zero-order chi connectivity index (χ0) is 18.7. The molecule has 1 aliphatic rings. The van der Waals surface area contributed by atoms with Gasteiger partial charge in [0.2, 0.25) is 0 Å². The van der Waals surface area contributed by atoms with Crippen LogP contribution in [0.15, 0.2) is 30.3 Å². The van der Waals surface area contributed by atoms with E-state index in [-0.39, 0.29) is 0 Å². The van der Waals surface area contributed by atoms with Crippen molar-refractivity contribution in [2.45, 2.75) is 26.7 Å². The third-order valence-corrected chi connectivity index (χ3v) is 4.97. The van der Waals surface area contributed by atoms with Crippen LogP contribution in [-0.4, -0.2) is 46.2 Å². The Hall–Kier alpha value is -1.92. The minimum absolute atomic E-state index is 0.325. The van der Waals surface area contributed by atoms with Crippen LogP contribution in [-0.2, 0) is 0 Å². The predicted molar refractivity (Wildman–Crippen MR) is 112 cm³/mol. The van der Waals surface area contributed by atoms with Gasteiger partial charge in [0.25, 0.3) is 0 Å². The highest BCUT2D eigenvalue weighted by atomic mass is 35.5. The van der Waals surface area contributed by atoms with E-state index in [0.717, 1.165) is 59.3 Å². The lowest BCUT2D eigenvalue weighted by atomic mass is 10.2. The number of halogens is 1. The van der Waals surface area contributed by atoms with E-state index in [1.54, 1.807) is 0 Å². The van der Waals surface area contributed by atoms with Crippen LogP contribution in [0.4, 0.5) is 11.5 Å². The first-order valence-corrected chi connectivity index (χ1v) is 9.63. The van der Waals surface area contributed by atoms with Gasteiger partial charge in [0, 0.05) is 54.6 Å². The summed E-state index contributed by atoms with van der Waals surface area (Å²) in [4.78, 5) is 13.8. The van der Waals surface area contributed by atoms with Crippen molar-refractivity contribution >= 4 is 40.4 Å². The highest BCUT2D eigenvalue weighted by Crippen LogP contribution is 2.19. The topological polar surface area (TPSA) is 44.3 Å². The molecule has 0 unspecified atom stereocenters. The Morgan fingerprint density at radius 1 is 1.12 bits per heavy atom. The standard InChI is InChI=1S/C19H24ClN5S/c1-13(2)18-21-14(3)12-17(23-18)24-8-10-25(11-9-24)19(26)22-16-6-4-15(20)5-7-16/h4-7,12-13H,8-11H2,1-3H3,(H,22,26). The number of aryl methyl sites for hydroxylation is 1. The minimum Gasteiger partial charge on any atom is -0.353 e. The molecule has 26 heavy (non-hydrogen) atoms. The van der Waals surface area contributed by atoms with Crippen molar-refractivity contribution in [1.82, 2.24) is 14.9 Å². The van der Waals surface area contributed by atoms with Crippen molar-refractivity contribution in [2.75, 3.05) is 36.4 Å². The molecular weight excluding hydrogens is 366 g/mol. The number of hydrogen-bond donors (Lipinski definition) is 1. The molecule has 0 spiro atoms. The molecule has 3 rings (SSSR count). The lowest BCUT2D eigenvalue weighted by molar-refractivity contribution is 0.389. The molecule has 0 radical (unpaired) electrons. The van der Waals surface area contributed by atoms with Gasteiger partial charge in [-0.2, -0.15) is 0 Å². The fourth-order valence-electron chi connectivity index (χ4n) is 2.87. The van der Waals surface area contributed by atoms with Gasteiger partial charge in [0.1, 0.15) is 11.6 Å². The number of anilines is 2. The molecule has 2 aromatic rings. The van der Waals surface area contributed by atoms with Gasteiger partial charge < -0.3 is 15.1 Å². The Balaban J connectivity index is 1.60. The fourth-order valence-corrected chi connectivity index (χ4v) is 3.30. The summed E-state index contributed by atoms with van der Waals surface area (Å²) >= 11 is 11.5. The van der Waals surface area contributed by atoms with E-state index in [0.29, 0.717) is 5.92 Å². The maximum Gasteiger partial charge on any atom is 0.173 e. The molecule has 2 heterocycles. The average Bonchev–Trinajstić information content (AvgIpc) is 2.63. The van der Waals surface area contributed by atoms with E-state index >= 15 is 0 Å². The van der Waals surface area contributed by atoms with Crippen LogP contribution in [0.2, 0.25) is 5.02 Å². The highest BCUT2D eigenvalue weighted by molar-refractivity contribution is 7.80. The molecule has 0 bridgehead atoms. The van der Waals surface area contributed by atoms with E-state index in [4.69, 9.17) is 28.8 Å². The van der Waals surface area contributed by atoms with Crippen LogP contribution >= 0.6 is 23.8 Å². The molecule has 1 fully saturated rings. The molecule has 5 nitrogen and oxygen atoms in total. The maximum absolute atomic E-state index is 5.93. The van der Waals surface area contributed by atoms with Crippen molar-refractivity contribution in [1.29, 1.82) is 0 Å². The maximum atomic E-state index is 5.93. The minimum atomic E-state index is 0.325. The van der Waals surface area contributed by atoms with Crippen molar-refractivity contribution in [3.63, 3.8) is 0 Å². The number of hydrogen-bond acceptors (Lipinski definition) is 4. The number of nitrogens with one attached hydrogen (secondary N) is 1. The molecule has 1 aromatic carbocycles. The number of aromatic nitrogens is 2. The van der Waals surface area contributed by atoms with Crippen molar-refractivity contribution in [3.8, 4) is 0 Å². The monoisotopic (exact) mass is 389 g/mol. The summed E-state index contributed by atoms with van der Waals surface area (Å²) < 4.78 is 0. The quantitative estimate of drug-likeness (QED) is 0.798. The largest absolute Gasteiger partial charge is 0.353 e. The molecule has 1 saturated heterocycles. The van der Waals surface area contributed by atoms with Crippen molar-refractivity contribution in [3.05, 3.63) is 46.9 Å². The summed E-state index contributed by atoms with van der Waals surface area (Å²) in [5.41, 5.74) is 1.97. The number of nitrogens with zero attached hydrogens (tertiary/aromatic N) is 4. The van der Waals surface area contributed by atoms with Crippen molar-refractivity contribution in [2.24, 2.45) is 0 Å². The summed E-state index contributed by atoms with van der Waals surface area (Å²) in [6.45, 7) is 9.76. The second-order valence-corrected chi connectivity index (χ2v) is 7.61. The number of thiocarbonyl (C=S) groups is 1. The first-order chi connectivity index (χ1) is 12.4. The Labute approximate surface area is 165 Å². The fraction of sp³-hybridized carbons (Fsp3) is 0.421. The first kappa shape index (κ1) is 18.9. The molecule has 1 aliphatic heterocycles. The van der Waals surface area contributed by atoms with E-state index in [1.807, 2.05) is 31.2 Å². The zero-order valence-corrected chi connectivity index (χ0v) is 16.9. The summed E-state index contributed by atoms with van der Waals surface area (Å²) in [6.07, 6.45) is 0. The second-order valence-electron chi connectivity index (χ2n) is 6.79. The Morgan fingerprint density at radius 2 is 1.77 bits per heavy atom. The number of benzene rings is 1. The second kappa shape index (κ2) is 8.18. The van der Waals surface area contributed by atoms with Crippen LogP contribution in [0.25, 0.3) is 0 Å². The molecule has 138 valence electrons. The predicted octanol–water partition coefficient (Wildman–Crippen LogP) is 4.08. The van der Waals surface area contributed by atoms with Crippen LogP contribution < -0.4 is 10.2 Å². The van der Waals surface area contributed by atoms with Crippen LogP contribution in [0, 0.1) is 6.92 Å². The van der Waals surface area contributed by atoms with Gasteiger partial charge in [-0.15, -0.1) is 0 Å². The van der Waals surface area contributed by atoms with Gasteiger partial charge in [-0.25, -0.2) is 9.97 Å². The normalized spacial score (nSPS) is 14.7. The van der Waals surface area contributed by atoms with E-state index < -0.39 is 0 Å². The van der Waals surface area contributed by atoms with Crippen LogP contribution in [0.3, 0.4) is 0 Å².